The first-order chi connectivity index (χ1) is 7.26. The number of hydrogen-bond acceptors (Lipinski definition) is 4. The number of aromatic nitrogens is 3. The maximum Gasteiger partial charge on any atom is 0.206 e. The van der Waals surface area contributed by atoms with Crippen molar-refractivity contribution >= 4 is 5.96 Å². The lowest BCUT2D eigenvalue weighted by molar-refractivity contribution is 0.737. The summed E-state index contributed by atoms with van der Waals surface area (Å²) in [6, 6.07) is 0. The van der Waals surface area contributed by atoms with Gasteiger partial charge in [0.15, 0.2) is 5.82 Å². The van der Waals surface area contributed by atoms with Gasteiger partial charge in [0.2, 0.25) is 5.96 Å². The number of guanidine groups is 1. The third-order valence-electron chi connectivity index (χ3n) is 1.70. The molecule has 0 aliphatic carbocycles. The quantitative estimate of drug-likeness (QED) is 0.261. The average Bonchev–Trinajstić information content (AvgIpc) is 2.65. The predicted molar refractivity (Wildman–Crippen MR) is 57.8 cm³/mol. The van der Waals surface area contributed by atoms with Gasteiger partial charge in [-0.1, -0.05) is 6.92 Å². The van der Waals surface area contributed by atoms with E-state index in [4.69, 9.17) is 5.84 Å². The molecule has 0 aliphatic rings. The topological polar surface area (TPSA) is 93.1 Å². The number of hydrogen-bond donors (Lipinski definition) is 3. The highest BCUT2D eigenvalue weighted by Gasteiger charge is 1.98. The highest BCUT2D eigenvalue weighted by Crippen LogP contribution is 1.90. The molecule has 0 radical (unpaired) electrons. The fourth-order valence-electron chi connectivity index (χ4n) is 1.00. The molecule has 1 aromatic heterocycles. The van der Waals surface area contributed by atoms with Crippen LogP contribution >= 0.6 is 0 Å². The van der Waals surface area contributed by atoms with Gasteiger partial charge in [-0.05, 0) is 6.42 Å². The van der Waals surface area contributed by atoms with E-state index in [2.05, 4.69) is 32.7 Å². The summed E-state index contributed by atoms with van der Waals surface area (Å²) in [5.74, 6) is 6.52. The minimum absolute atomic E-state index is 0.414. The van der Waals surface area contributed by atoms with Crippen LogP contribution in [0.1, 0.15) is 19.2 Å². The summed E-state index contributed by atoms with van der Waals surface area (Å²) in [7, 11) is 1.82. The third-order valence-corrected chi connectivity index (χ3v) is 1.70. The zero-order valence-electron chi connectivity index (χ0n) is 9.06. The van der Waals surface area contributed by atoms with Gasteiger partial charge in [-0.25, -0.2) is 15.8 Å². The van der Waals surface area contributed by atoms with Gasteiger partial charge in [0.25, 0.3) is 0 Å². The molecule has 0 unspecified atom stereocenters. The van der Waals surface area contributed by atoms with E-state index in [1.165, 1.54) is 0 Å². The molecule has 7 heteroatoms. The smallest absolute Gasteiger partial charge is 0.206 e. The summed E-state index contributed by atoms with van der Waals surface area (Å²) < 4.78 is 1.64. The summed E-state index contributed by atoms with van der Waals surface area (Å²) in [5, 5.41) is 7.15. The van der Waals surface area contributed by atoms with Crippen LogP contribution in [0.2, 0.25) is 0 Å². The van der Waals surface area contributed by atoms with Crippen molar-refractivity contribution in [3.63, 3.8) is 0 Å². The molecule has 0 saturated carbocycles. The molecule has 1 aromatic rings. The van der Waals surface area contributed by atoms with Crippen LogP contribution in [-0.2, 0) is 13.6 Å². The molecule has 0 amide bonds. The summed E-state index contributed by atoms with van der Waals surface area (Å²) in [5.41, 5.74) is 2.49. The van der Waals surface area contributed by atoms with Gasteiger partial charge in [-0.3, -0.25) is 10.1 Å². The second kappa shape index (κ2) is 5.97. The monoisotopic (exact) mass is 211 g/mol. The highest BCUT2D eigenvalue weighted by atomic mass is 15.3. The van der Waals surface area contributed by atoms with Crippen LogP contribution in [0, 0.1) is 0 Å². The Morgan fingerprint density at radius 1 is 1.67 bits per heavy atom. The average molecular weight is 211 g/mol. The molecule has 1 rings (SSSR count). The molecular formula is C8H17N7. The highest BCUT2D eigenvalue weighted by molar-refractivity contribution is 5.78. The van der Waals surface area contributed by atoms with Crippen LogP contribution in [0.25, 0.3) is 0 Å². The van der Waals surface area contributed by atoms with E-state index in [-0.39, 0.29) is 0 Å². The van der Waals surface area contributed by atoms with Crippen LogP contribution in [0.15, 0.2) is 11.3 Å². The van der Waals surface area contributed by atoms with Gasteiger partial charge in [0.05, 0.1) is 0 Å². The zero-order chi connectivity index (χ0) is 11.1. The van der Waals surface area contributed by atoms with E-state index < -0.39 is 0 Å². The Bertz CT molecular complexity index is 317. The molecule has 7 nitrogen and oxygen atoms in total. The maximum atomic E-state index is 5.29. The number of nitrogens with two attached hydrogens (primary N) is 1. The normalized spacial score (nSPS) is 11.5. The van der Waals surface area contributed by atoms with E-state index in [1.54, 1.807) is 11.0 Å². The molecule has 0 bridgehead atoms. The summed E-state index contributed by atoms with van der Waals surface area (Å²) in [6.07, 6.45) is 2.66. The maximum absolute atomic E-state index is 5.29. The van der Waals surface area contributed by atoms with Crippen molar-refractivity contribution in [1.29, 1.82) is 0 Å². The van der Waals surface area contributed by atoms with Gasteiger partial charge in [0.1, 0.15) is 12.9 Å². The van der Waals surface area contributed by atoms with Gasteiger partial charge in [0, 0.05) is 13.6 Å². The van der Waals surface area contributed by atoms with Crippen molar-refractivity contribution in [3.8, 4) is 0 Å². The van der Waals surface area contributed by atoms with Crippen molar-refractivity contribution in [2.45, 2.75) is 19.9 Å². The Labute approximate surface area is 88.8 Å². The SMILES string of the molecule is CCCNC(=NCc1ncn(C)n1)NN. The van der Waals surface area contributed by atoms with Gasteiger partial charge < -0.3 is 5.32 Å². The Kier molecular flexibility index (Phi) is 4.55. The molecule has 0 spiro atoms. The van der Waals surface area contributed by atoms with Crippen molar-refractivity contribution in [2.24, 2.45) is 17.9 Å². The number of nitrogens with one attached hydrogen (secondary N) is 2. The Balaban J connectivity index is 2.46. The van der Waals surface area contributed by atoms with Crippen molar-refractivity contribution in [1.82, 2.24) is 25.5 Å². The number of aliphatic imine (C=N–C) groups is 1. The lowest BCUT2D eigenvalue weighted by Gasteiger charge is -2.06. The van der Waals surface area contributed by atoms with E-state index in [9.17, 15) is 0 Å². The van der Waals surface area contributed by atoms with Crippen LogP contribution in [0.4, 0.5) is 0 Å². The minimum atomic E-state index is 0.414. The van der Waals surface area contributed by atoms with Crippen LogP contribution in [0.3, 0.4) is 0 Å². The standard InChI is InChI=1S/C8H17N7/c1-3-4-10-8(13-9)11-5-7-12-6-15(2)14-7/h6H,3-5,9H2,1-2H3,(H2,10,11,13). The molecule has 0 aliphatic heterocycles. The van der Waals surface area contributed by atoms with E-state index >= 15 is 0 Å². The molecule has 15 heavy (non-hydrogen) atoms. The molecule has 1 heterocycles. The summed E-state index contributed by atoms with van der Waals surface area (Å²) >= 11 is 0. The fraction of sp³-hybridized carbons (Fsp3) is 0.625. The Hall–Kier alpha value is -1.63. The molecular weight excluding hydrogens is 194 g/mol. The fourth-order valence-corrected chi connectivity index (χ4v) is 1.00. The van der Waals surface area contributed by atoms with Crippen molar-refractivity contribution in [3.05, 3.63) is 12.2 Å². The molecule has 4 N–H and O–H groups in total. The molecule has 0 atom stereocenters. The lowest BCUT2D eigenvalue weighted by atomic mass is 10.5. The second-order valence-corrected chi connectivity index (χ2v) is 3.07. The first-order valence-corrected chi connectivity index (χ1v) is 4.85. The summed E-state index contributed by atoms with van der Waals surface area (Å²) in [4.78, 5) is 8.25. The molecule has 84 valence electrons. The van der Waals surface area contributed by atoms with Gasteiger partial charge in [-0.2, -0.15) is 5.10 Å². The lowest BCUT2D eigenvalue weighted by Crippen LogP contribution is -2.41. The largest absolute Gasteiger partial charge is 0.355 e. The predicted octanol–water partition coefficient (Wildman–Crippen LogP) is -0.866. The number of aryl methyl sites for hydroxylation is 1. The van der Waals surface area contributed by atoms with Crippen LogP contribution in [-0.4, -0.2) is 27.3 Å². The van der Waals surface area contributed by atoms with E-state index in [0.29, 0.717) is 18.3 Å². The van der Waals surface area contributed by atoms with Crippen LogP contribution in [0.5, 0.6) is 0 Å². The van der Waals surface area contributed by atoms with E-state index in [1.807, 2.05) is 7.05 Å². The molecule has 0 fully saturated rings. The van der Waals surface area contributed by atoms with Crippen LogP contribution < -0.4 is 16.6 Å². The number of rotatable bonds is 4. The summed E-state index contributed by atoms with van der Waals surface area (Å²) in [6.45, 7) is 3.32. The first kappa shape index (κ1) is 11.4. The minimum Gasteiger partial charge on any atom is -0.355 e. The zero-order valence-corrected chi connectivity index (χ0v) is 9.06. The molecule has 0 saturated heterocycles. The van der Waals surface area contributed by atoms with Crippen molar-refractivity contribution < 1.29 is 0 Å². The third kappa shape index (κ3) is 3.94. The first-order valence-electron chi connectivity index (χ1n) is 4.85. The second-order valence-electron chi connectivity index (χ2n) is 3.07. The Morgan fingerprint density at radius 2 is 2.47 bits per heavy atom. The Morgan fingerprint density at radius 3 is 3.00 bits per heavy atom. The van der Waals surface area contributed by atoms with E-state index in [0.717, 1.165) is 13.0 Å². The number of nitrogens with zero attached hydrogens (tertiary/aromatic N) is 4. The molecule has 0 aromatic carbocycles. The number of hydrazine groups is 1. The van der Waals surface area contributed by atoms with Gasteiger partial charge in [-0.15, -0.1) is 0 Å². The van der Waals surface area contributed by atoms with Crippen molar-refractivity contribution in [2.75, 3.05) is 6.54 Å². The van der Waals surface area contributed by atoms with Gasteiger partial charge >= 0.3 is 0 Å².